The Labute approximate surface area is 156 Å². The third kappa shape index (κ3) is 5.07. The molecule has 7 heteroatoms. The molecule has 27 heavy (non-hydrogen) atoms. The predicted octanol–water partition coefficient (Wildman–Crippen LogP) is 2.61. The molecule has 1 N–H and O–H groups in total. The molecule has 7 nitrogen and oxygen atoms in total. The summed E-state index contributed by atoms with van der Waals surface area (Å²) in [5.74, 6) is 1.31. The van der Waals surface area contributed by atoms with Gasteiger partial charge in [0.2, 0.25) is 5.91 Å². The van der Waals surface area contributed by atoms with Crippen LogP contribution in [0.4, 0.5) is 0 Å². The average molecular weight is 367 g/mol. The number of rotatable bonds is 8. The van der Waals surface area contributed by atoms with Crippen molar-refractivity contribution in [3.8, 4) is 17.2 Å². The highest BCUT2D eigenvalue weighted by Crippen LogP contribution is 2.15. The van der Waals surface area contributed by atoms with Crippen LogP contribution in [0.3, 0.4) is 0 Å². The van der Waals surface area contributed by atoms with Crippen LogP contribution in [0.5, 0.6) is 5.75 Å². The second kappa shape index (κ2) is 8.84. The molecule has 0 spiro atoms. The van der Waals surface area contributed by atoms with Crippen LogP contribution in [0.1, 0.15) is 18.4 Å². The molecule has 0 saturated carbocycles. The van der Waals surface area contributed by atoms with E-state index in [0.29, 0.717) is 37.4 Å². The van der Waals surface area contributed by atoms with E-state index >= 15 is 0 Å². The fourth-order valence-corrected chi connectivity index (χ4v) is 2.59. The van der Waals surface area contributed by atoms with Gasteiger partial charge in [0.25, 0.3) is 5.56 Å². The maximum Gasteiger partial charge on any atom is 0.266 e. The molecule has 3 aromatic rings. The Hall–Kier alpha value is -3.35. The highest BCUT2D eigenvalue weighted by Gasteiger charge is 2.07. The molecule has 0 radical (unpaired) electrons. The number of aromatic nitrogens is 2. The quantitative estimate of drug-likeness (QED) is 0.661. The SMILES string of the molecule is COc1ccc(CNC(=O)CCCn2nc(-c3ccco3)ccc2=O)cc1. The summed E-state index contributed by atoms with van der Waals surface area (Å²) in [7, 11) is 1.61. The number of nitrogens with zero attached hydrogens (tertiary/aromatic N) is 2. The summed E-state index contributed by atoms with van der Waals surface area (Å²) in [5, 5.41) is 7.16. The van der Waals surface area contributed by atoms with Crippen LogP contribution in [-0.4, -0.2) is 22.8 Å². The largest absolute Gasteiger partial charge is 0.497 e. The first-order valence-electron chi connectivity index (χ1n) is 8.67. The Morgan fingerprint density at radius 2 is 2.00 bits per heavy atom. The van der Waals surface area contributed by atoms with Crippen molar-refractivity contribution in [2.45, 2.75) is 25.9 Å². The van der Waals surface area contributed by atoms with Gasteiger partial charge in [0, 0.05) is 25.6 Å². The van der Waals surface area contributed by atoms with E-state index in [9.17, 15) is 9.59 Å². The van der Waals surface area contributed by atoms with Crippen LogP contribution in [0.2, 0.25) is 0 Å². The van der Waals surface area contributed by atoms with Crippen molar-refractivity contribution >= 4 is 5.91 Å². The van der Waals surface area contributed by atoms with Crippen molar-refractivity contribution in [3.05, 3.63) is 70.7 Å². The molecule has 0 atom stereocenters. The first-order chi connectivity index (χ1) is 13.2. The molecule has 2 aromatic heterocycles. The lowest BCUT2D eigenvalue weighted by atomic mass is 10.2. The molecule has 0 fully saturated rings. The monoisotopic (exact) mass is 367 g/mol. The number of hydrogen-bond donors (Lipinski definition) is 1. The summed E-state index contributed by atoms with van der Waals surface area (Å²) in [6.07, 6.45) is 2.39. The summed E-state index contributed by atoms with van der Waals surface area (Å²) in [6, 6.07) is 14.1. The van der Waals surface area contributed by atoms with Gasteiger partial charge in [0.1, 0.15) is 11.4 Å². The van der Waals surface area contributed by atoms with Crippen molar-refractivity contribution < 1.29 is 13.9 Å². The number of benzene rings is 1. The maximum absolute atomic E-state index is 12.0. The number of aryl methyl sites for hydroxylation is 1. The van der Waals surface area contributed by atoms with Gasteiger partial charge in [-0.1, -0.05) is 12.1 Å². The van der Waals surface area contributed by atoms with E-state index < -0.39 is 0 Å². The van der Waals surface area contributed by atoms with Crippen LogP contribution < -0.4 is 15.6 Å². The zero-order chi connectivity index (χ0) is 19.1. The first-order valence-corrected chi connectivity index (χ1v) is 8.67. The normalized spacial score (nSPS) is 10.6. The van der Waals surface area contributed by atoms with Gasteiger partial charge in [-0.15, -0.1) is 0 Å². The standard InChI is InChI=1S/C20H21N3O4/c1-26-16-8-6-15(7-9-16)14-21-19(24)5-2-12-23-20(25)11-10-17(22-23)18-4-3-13-27-18/h3-4,6-11,13H,2,5,12,14H2,1H3,(H,21,24). The molecule has 1 aromatic carbocycles. The number of methoxy groups -OCH3 is 1. The molecule has 0 aliphatic carbocycles. The van der Waals surface area contributed by atoms with Crippen molar-refractivity contribution in [2.75, 3.05) is 7.11 Å². The third-order valence-electron chi connectivity index (χ3n) is 4.06. The predicted molar refractivity (Wildman–Crippen MR) is 100 cm³/mol. The van der Waals surface area contributed by atoms with E-state index in [4.69, 9.17) is 9.15 Å². The lowest BCUT2D eigenvalue weighted by Crippen LogP contribution is -2.25. The molecule has 0 aliphatic heterocycles. The lowest BCUT2D eigenvalue weighted by molar-refractivity contribution is -0.121. The number of furan rings is 1. The van der Waals surface area contributed by atoms with E-state index in [1.54, 1.807) is 31.6 Å². The van der Waals surface area contributed by atoms with Crippen LogP contribution in [0, 0.1) is 0 Å². The fraction of sp³-hybridized carbons (Fsp3) is 0.250. The molecule has 1 amide bonds. The molecule has 140 valence electrons. The molecule has 3 rings (SSSR count). The second-order valence-corrected chi connectivity index (χ2v) is 5.99. The van der Waals surface area contributed by atoms with E-state index in [2.05, 4.69) is 10.4 Å². The topological polar surface area (TPSA) is 86.4 Å². The number of carbonyl (C=O) groups is 1. The average Bonchev–Trinajstić information content (AvgIpc) is 3.23. The minimum absolute atomic E-state index is 0.0685. The van der Waals surface area contributed by atoms with Crippen LogP contribution in [0.15, 0.2) is 64.0 Å². The smallest absolute Gasteiger partial charge is 0.266 e. The van der Waals surface area contributed by atoms with E-state index in [-0.39, 0.29) is 11.5 Å². The van der Waals surface area contributed by atoms with Crippen molar-refractivity contribution in [1.82, 2.24) is 15.1 Å². The van der Waals surface area contributed by atoms with Gasteiger partial charge in [-0.05, 0) is 42.3 Å². The summed E-state index contributed by atoms with van der Waals surface area (Å²) in [6.45, 7) is 0.818. The summed E-state index contributed by atoms with van der Waals surface area (Å²) < 4.78 is 11.8. The minimum atomic E-state index is -0.205. The second-order valence-electron chi connectivity index (χ2n) is 5.99. The summed E-state index contributed by atoms with van der Waals surface area (Å²) in [4.78, 5) is 23.9. The Balaban J connectivity index is 1.48. The van der Waals surface area contributed by atoms with Crippen LogP contribution in [-0.2, 0) is 17.9 Å². The van der Waals surface area contributed by atoms with Crippen LogP contribution >= 0.6 is 0 Å². The number of ether oxygens (including phenoxy) is 1. The Kier molecular flexibility index (Phi) is 6.04. The molecule has 0 unspecified atom stereocenters. The molecular formula is C20H21N3O4. The number of carbonyl (C=O) groups excluding carboxylic acids is 1. The zero-order valence-electron chi connectivity index (χ0n) is 15.1. The summed E-state index contributed by atoms with van der Waals surface area (Å²) in [5.41, 5.74) is 1.38. The molecule has 0 saturated heterocycles. The van der Waals surface area contributed by atoms with E-state index in [1.165, 1.54) is 10.7 Å². The van der Waals surface area contributed by atoms with Crippen molar-refractivity contribution in [3.63, 3.8) is 0 Å². The van der Waals surface area contributed by atoms with Gasteiger partial charge in [0.05, 0.1) is 13.4 Å². The minimum Gasteiger partial charge on any atom is -0.497 e. The molecule has 0 bridgehead atoms. The maximum atomic E-state index is 12.0. The van der Waals surface area contributed by atoms with Gasteiger partial charge in [0.15, 0.2) is 5.76 Å². The number of hydrogen-bond acceptors (Lipinski definition) is 5. The van der Waals surface area contributed by atoms with Crippen molar-refractivity contribution in [1.29, 1.82) is 0 Å². The molecule has 0 aliphatic rings. The van der Waals surface area contributed by atoms with Gasteiger partial charge >= 0.3 is 0 Å². The molecular weight excluding hydrogens is 346 g/mol. The number of nitrogens with one attached hydrogen (secondary N) is 1. The van der Waals surface area contributed by atoms with E-state index in [1.807, 2.05) is 24.3 Å². The van der Waals surface area contributed by atoms with Gasteiger partial charge in [-0.3, -0.25) is 9.59 Å². The third-order valence-corrected chi connectivity index (χ3v) is 4.06. The van der Waals surface area contributed by atoms with E-state index in [0.717, 1.165) is 11.3 Å². The lowest BCUT2D eigenvalue weighted by Gasteiger charge is -2.08. The fourth-order valence-electron chi connectivity index (χ4n) is 2.59. The Bertz CT molecular complexity index is 931. The van der Waals surface area contributed by atoms with Gasteiger partial charge in [-0.2, -0.15) is 5.10 Å². The van der Waals surface area contributed by atoms with Gasteiger partial charge in [-0.25, -0.2) is 4.68 Å². The summed E-state index contributed by atoms with van der Waals surface area (Å²) >= 11 is 0. The van der Waals surface area contributed by atoms with Gasteiger partial charge < -0.3 is 14.5 Å². The zero-order valence-corrected chi connectivity index (χ0v) is 15.1. The van der Waals surface area contributed by atoms with Crippen LogP contribution in [0.25, 0.3) is 11.5 Å². The highest BCUT2D eigenvalue weighted by molar-refractivity contribution is 5.75. The highest BCUT2D eigenvalue weighted by atomic mass is 16.5. The Morgan fingerprint density at radius 1 is 1.19 bits per heavy atom. The Morgan fingerprint density at radius 3 is 2.70 bits per heavy atom. The molecule has 2 heterocycles. The van der Waals surface area contributed by atoms with Crippen molar-refractivity contribution in [2.24, 2.45) is 0 Å². The first kappa shape index (κ1) is 18.4. The number of amides is 1.